The van der Waals surface area contributed by atoms with Crippen LogP contribution in [0.3, 0.4) is 0 Å². The summed E-state index contributed by atoms with van der Waals surface area (Å²) in [4.78, 5) is 30.8. The van der Waals surface area contributed by atoms with Crippen molar-refractivity contribution in [2.24, 2.45) is 0 Å². The topological polar surface area (TPSA) is 248 Å². The molecule has 0 amide bonds. The van der Waals surface area contributed by atoms with Crippen molar-refractivity contribution in [2.75, 3.05) is 0 Å². The first-order chi connectivity index (χ1) is 7.41. The van der Waals surface area contributed by atoms with Crippen LogP contribution in [0.2, 0.25) is 0 Å². The number of phosphoric acid groups is 2. The van der Waals surface area contributed by atoms with Crippen molar-refractivity contribution in [1.82, 2.24) is 0 Å². The first kappa shape index (κ1) is 25.2. The third-order valence-corrected chi connectivity index (χ3v) is 6.69. The van der Waals surface area contributed by atoms with Gasteiger partial charge in [0.1, 0.15) is 0 Å². The van der Waals surface area contributed by atoms with Crippen molar-refractivity contribution in [3.05, 3.63) is 0 Å². The average molecular weight is 541 g/mol. The largest absolute Gasteiger partial charge is 2.00 e. The van der Waals surface area contributed by atoms with Gasteiger partial charge in [-0.25, -0.2) is 0 Å². The van der Waals surface area contributed by atoms with Crippen LogP contribution in [0, 0.1) is 0 Å². The van der Waals surface area contributed by atoms with Crippen molar-refractivity contribution >= 4 is 15.6 Å². The fraction of sp³-hybridized carbons (Fsp3) is 0. The van der Waals surface area contributed by atoms with Crippen molar-refractivity contribution in [3.63, 3.8) is 0 Å². The third-order valence-electron chi connectivity index (χ3n) is 0.377. The second-order valence-corrected chi connectivity index (χ2v) is 10.4. The molecule has 0 saturated heterocycles. The van der Waals surface area contributed by atoms with E-state index in [1.807, 2.05) is 0 Å². The predicted octanol–water partition coefficient (Wildman–Crippen LogP) is -3.74. The van der Waals surface area contributed by atoms with Crippen molar-refractivity contribution in [3.8, 4) is 0 Å². The Balaban J connectivity index is -0.000000256. The second-order valence-electron chi connectivity index (χ2n) is 1.95. The maximum absolute atomic E-state index is 9.57. The van der Waals surface area contributed by atoms with Crippen LogP contribution < -0.4 is 7.52 Å². The molecule has 0 bridgehead atoms. The summed E-state index contributed by atoms with van der Waals surface area (Å²) in [6.45, 7) is 0. The Morgan fingerprint density at radius 3 is 0.895 bits per heavy atom. The smallest absolute Gasteiger partial charge is 2.00 e. The predicted molar refractivity (Wildman–Crippen MR) is 29.0 cm³/mol. The maximum atomic E-state index is 9.57. The normalized spacial score (nSPS) is 12.9. The van der Waals surface area contributed by atoms with Crippen LogP contribution in [0.1, 0.15) is 0 Å². The molecule has 0 atom stereocenters. The van der Waals surface area contributed by atoms with E-state index in [2.05, 4.69) is 6.35 Å². The summed E-state index contributed by atoms with van der Waals surface area (Å²) >= 11 is -12.6. The Morgan fingerprint density at radius 1 is 0.737 bits per heavy atom. The number of hydrogen-bond donors (Lipinski definition) is 4. The molecule has 0 unspecified atom stereocenters. The molecule has 4 N–H and O–H groups in total. The molecule has 120 valence electrons. The summed E-state index contributed by atoms with van der Waals surface area (Å²) in [6.07, 6.45) is 0. The Morgan fingerprint density at radius 2 is 0.895 bits per heavy atom. The second kappa shape index (κ2) is 8.60. The van der Waals surface area contributed by atoms with Crippen LogP contribution in [0.5, 0.6) is 0 Å². The zero-order valence-corrected chi connectivity index (χ0v) is 14.7. The van der Waals surface area contributed by atoms with Gasteiger partial charge in [0.15, 0.2) is 0 Å². The van der Waals surface area contributed by atoms with Gasteiger partial charge in [-0.15, -0.1) is 0 Å². The Hall–Kier alpha value is 1.21. The molecule has 0 fully saturated rings. The van der Waals surface area contributed by atoms with E-state index in [4.69, 9.17) is 19.6 Å². The van der Waals surface area contributed by atoms with Gasteiger partial charge in [0.25, 0.3) is 0 Å². The monoisotopic (exact) mass is 544 g/mol. The zero-order chi connectivity index (χ0) is 15.4. The Kier molecular flexibility index (Phi) is 11.4. The van der Waals surface area contributed by atoms with E-state index in [1.165, 1.54) is 0 Å². The molecule has 0 aromatic heterocycles. The third kappa shape index (κ3) is 32.6. The van der Waals surface area contributed by atoms with E-state index in [9.17, 15) is 30.2 Å². The van der Waals surface area contributed by atoms with E-state index in [0.717, 1.165) is 0 Å². The summed E-state index contributed by atoms with van der Waals surface area (Å²) in [5.41, 5.74) is 0. The van der Waals surface area contributed by atoms with Gasteiger partial charge in [0.05, 0.1) is 0 Å². The van der Waals surface area contributed by atoms with Gasteiger partial charge in [-0.3, -0.25) is 0 Å². The van der Waals surface area contributed by atoms with Crippen molar-refractivity contribution < 1.29 is 106 Å². The van der Waals surface area contributed by atoms with Gasteiger partial charge < -0.3 is 0 Å². The van der Waals surface area contributed by atoms with Gasteiger partial charge in [-0.05, 0) is 0 Å². The van der Waals surface area contributed by atoms with Gasteiger partial charge in [0.2, 0.25) is 0 Å². The minimum Gasteiger partial charge on any atom is 2.00 e. The molecule has 0 aromatic carbocycles. The van der Waals surface area contributed by atoms with Crippen LogP contribution in [0.4, 0.5) is 0 Å². The quantitative estimate of drug-likeness (QED) is 0.198. The molecule has 0 spiro atoms. The van der Waals surface area contributed by atoms with Gasteiger partial charge in [0, 0.05) is 0 Å². The Labute approximate surface area is 121 Å². The van der Waals surface area contributed by atoms with E-state index in [1.54, 1.807) is 0 Å². The number of hydrogen-bond acceptors (Lipinski definition) is 10. The van der Waals surface area contributed by atoms with Crippen molar-refractivity contribution in [1.29, 1.82) is 0 Å². The van der Waals surface area contributed by atoms with Crippen molar-refractivity contribution in [2.45, 2.75) is 0 Å². The molecular formula is H4Mo2NiO14P2. The maximum Gasteiger partial charge on any atom is 2.00 e. The van der Waals surface area contributed by atoms with E-state index >= 15 is 0 Å². The molecule has 14 nitrogen and oxygen atoms in total. The number of rotatable bonds is 4. The van der Waals surface area contributed by atoms with Crippen LogP contribution in [0.15, 0.2) is 0 Å². The SMILES string of the molecule is O=P(O)(O)[O][Mo](=[O])(=[O])[O-].O=P(O)(O)[O][Mo](=[O])(=[O])[O-].[Ni+2]. The average Bonchev–Trinajstić information content (AvgIpc) is 1.64. The Bertz CT molecular complexity index is 488. The van der Waals surface area contributed by atoms with Gasteiger partial charge in [-0.1, -0.05) is 0 Å². The molecule has 0 aliphatic rings. The van der Waals surface area contributed by atoms with Gasteiger partial charge in [-0.2, -0.15) is 0 Å². The minimum absolute atomic E-state index is 0. The summed E-state index contributed by atoms with van der Waals surface area (Å²) < 4.78 is 81.7. The molecule has 19 heavy (non-hydrogen) atoms. The van der Waals surface area contributed by atoms with Crippen LogP contribution in [-0.4, -0.2) is 19.6 Å². The summed E-state index contributed by atoms with van der Waals surface area (Å²) in [7, 11) is -10.3. The molecule has 0 aromatic rings. The fourth-order valence-corrected chi connectivity index (χ4v) is 4.22. The first-order valence-corrected chi connectivity index (χ1v) is 12.5. The zero-order valence-electron chi connectivity index (χ0n) is 7.90. The summed E-state index contributed by atoms with van der Waals surface area (Å²) in [5, 5.41) is 0. The standard InChI is InChI=1S/2Mo.Ni.2H3O4P.6O/c;;;2*1-5(2,3)4;;;;;;/h;;;2*(H3,1,2,3,4);;;;;;/q2*+1;+2;;;;;;;2*-1/p-2. The molecule has 0 aliphatic heterocycles. The minimum atomic E-state index is -6.28. The van der Waals surface area contributed by atoms with Gasteiger partial charge >= 0.3 is 122 Å². The van der Waals surface area contributed by atoms with E-state index < -0.39 is 49.1 Å². The molecule has 0 aliphatic carbocycles. The van der Waals surface area contributed by atoms with E-state index in [0.29, 0.717) is 0 Å². The molecule has 0 rings (SSSR count). The first-order valence-electron chi connectivity index (χ1n) is 2.86. The van der Waals surface area contributed by atoms with Crippen LogP contribution in [-0.2, 0) is 79.1 Å². The van der Waals surface area contributed by atoms with Crippen LogP contribution in [0.25, 0.3) is 0 Å². The van der Waals surface area contributed by atoms with Crippen LogP contribution >= 0.6 is 15.6 Å². The molecular weight excluding hydrogens is 537 g/mol. The molecule has 19 heteroatoms. The molecule has 0 radical (unpaired) electrons. The summed E-state index contributed by atoms with van der Waals surface area (Å²) in [5.74, 6) is 0. The summed E-state index contributed by atoms with van der Waals surface area (Å²) in [6, 6.07) is 0. The molecule has 0 saturated carbocycles. The molecule has 0 heterocycles. The van der Waals surface area contributed by atoms with E-state index in [-0.39, 0.29) is 16.5 Å². The fourth-order valence-electron chi connectivity index (χ4n) is 0.238.